The van der Waals surface area contributed by atoms with Gasteiger partial charge < -0.3 is 19.4 Å². The van der Waals surface area contributed by atoms with Gasteiger partial charge in [0.05, 0.1) is 0 Å². The van der Waals surface area contributed by atoms with E-state index in [0.29, 0.717) is 0 Å². The van der Waals surface area contributed by atoms with Gasteiger partial charge in [0.1, 0.15) is 0 Å². The molecule has 0 spiro atoms. The maximum absolute atomic E-state index is 11.4. The van der Waals surface area contributed by atoms with E-state index in [1.165, 1.54) is 400 Å². The van der Waals surface area contributed by atoms with Gasteiger partial charge in [0.2, 0.25) is 11.4 Å². The van der Waals surface area contributed by atoms with Crippen LogP contribution in [-0.2, 0) is 29.3 Å². The van der Waals surface area contributed by atoms with Gasteiger partial charge in [-0.2, -0.15) is 12.8 Å². The smallest absolute Gasteiger partial charge is 0.493 e. The number of hydrogen-bond acceptors (Lipinski definition) is 0. The Morgan fingerprint density at radius 3 is 0.783 bits per heavy atom. The fraction of sp³-hybridized carbons (Fsp3) is 0.798. The van der Waals surface area contributed by atoms with Gasteiger partial charge in [-0.15, -0.1) is 0 Å². The summed E-state index contributed by atoms with van der Waals surface area (Å²) in [6, 6.07) is 17.5. The van der Waals surface area contributed by atoms with Crippen molar-refractivity contribution in [1.29, 1.82) is 0 Å². The van der Waals surface area contributed by atoms with Gasteiger partial charge in [-0.3, -0.25) is 0 Å². The molecule has 0 atom stereocenters. The molecule has 0 N–H and O–H groups in total. The number of allylic oxidation sites excluding steroid dienone is 2. The monoisotopic (exact) mass is 1320 g/mol. The molecule has 0 saturated carbocycles. The van der Waals surface area contributed by atoms with Crippen LogP contribution in [0.15, 0.2) is 60.2 Å². The molecular weight excluding hydrogens is 1160 g/mol. The van der Waals surface area contributed by atoms with Crippen LogP contribution < -0.4 is 0 Å². The predicted octanol–water partition coefficient (Wildman–Crippen LogP) is 32.3. The molecule has 3 rings (SSSR count). The van der Waals surface area contributed by atoms with E-state index < -0.39 is 0 Å². The molecule has 0 unspecified atom stereocenters. The second-order valence-corrected chi connectivity index (χ2v) is 28.9. The largest absolute Gasteiger partial charge is 2.00 e. The van der Waals surface area contributed by atoms with Crippen molar-refractivity contribution >= 4 is 11.4 Å². The molecule has 0 aromatic heterocycles. The number of hydrogen-bond donors (Lipinski definition) is 0. The van der Waals surface area contributed by atoms with Gasteiger partial charge >= 0.3 is 16.5 Å². The summed E-state index contributed by atoms with van der Waals surface area (Å²) in [6.45, 7) is 19.2. The van der Waals surface area contributed by atoms with Gasteiger partial charge in [0.15, 0.2) is 0 Å². The second kappa shape index (κ2) is 73.3. The van der Waals surface area contributed by atoms with Gasteiger partial charge in [0, 0.05) is 22.8 Å². The zero-order chi connectivity index (χ0) is 65.7. The summed E-state index contributed by atoms with van der Waals surface area (Å²) in [5, 5.41) is 0. The minimum Gasteiger partial charge on any atom is -0.493 e. The zero-order valence-electron chi connectivity index (χ0n) is 63.0. The maximum Gasteiger partial charge on any atom is 2.00 e. The van der Waals surface area contributed by atoms with E-state index in [2.05, 4.69) is 103 Å². The van der Waals surface area contributed by atoms with Crippen molar-refractivity contribution in [2.24, 2.45) is 0 Å². The first-order chi connectivity index (χ1) is 45.0. The van der Waals surface area contributed by atoms with Gasteiger partial charge in [-0.05, 0) is 73.9 Å². The average molecular weight is 1320 g/mol. The number of benzene rings is 2. The molecule has 92 heavy (non-hydrogen) atoms. The third kappa shape index (κ3) is 56.1. The van der Waals surface area contributed by atoms with Crippen molar-refractivity contribution in [3.05, 3.63) is 102 Å². The third-order valence-corrected chi connectivity index (χ3v) is 19.9. The van der Waals surface area contributed by atoms with Crippen molar-refractivity contribution in [2.75, 3.05) is 0 Å². The van der Waals surface area contributed by atoms with E-state index >= 15 is 0 Å². The predicted molar refractivity (Wildman–Crippen MR) is 413 cm³/mol. The quantitative estimate of drug-likeness (QED) is 0.0273. The number of nitrogens with zero attached hydrogens (tertiary/aromatic N) is 2. The fourth-order valence-electron chi connectivity index (χ4n) is 13.7. The first kappa shape index (κ1) is 90.0. The first-order valence-corrected chi connectivity index (χ1v) is 41.7. The van der Waals surface area contributed by atoms with Crippen molar-refractivity contribution in [1.82, 2.24) is 0 Å². The Morgan fingerprint density at radius 2 is 0.500 bits per heavy atom. The van der Waals surface area contributed by atoms with Crippen LogP contribution in [0.5, 0.6) is 0 Å². The first-order valence-electron chi connectivity index (χ1n) is 41.7. The number of unbranched alkanes of at least 4 members (excludes halogenated alkanes) is 58. The Balaban J connectivity index is 0.00000135. The third-order valence-electron chi connectivity index (χ3n) is 19.9. The Labute approximate surface area is 589 Å². The van der Waals surface area contributed by atoms with Crippen LogP contribution in [-0.4, -0.2) is 4.70 Å². The van der Waals surface area contributed by atoms with Crippen molar-refractivity contribution in [3.63, 3.8) is 0 Å². The zero-order valence-corrected chi connectivity index (χ0v) is 64.0. The maximum atomic E-state index is 11.4. The van der Waals surface area contributed by atoms with Crippen LogP contribution in [0.4, 0.5) is 0 Å². The number of rotatable bonds is 66. The van der Waals surface area contributed by atoms with E-state index in [1.54, 1.807) is 0 Å². The molecule has 1 aliphatic rings. The summed E-state index contributed by atoms with van der Waals surface area (Å²) in [5.74, 6) is 0. The summed E-state index contributed by atoms with van der Waals surface area (Å²) in [5.41, 5.74) is 19.4. The van der Waals surface area contributed by atoms with E-state index in [1.807, 2.05) is 0 Å². The topological polar surface area (TPSA) is 25.3 Å². The molecule has 0 fully saturated rings. The standard InChI is InChI=1S/C31H42N2.2C29H59.Ni/c1-4-7-10-12-16-25-17-13-20-27(22-25)30-24-29(19-9-6-3)31(33(30)32)28-21-14-18-26(23-28)15-11-8-5-2;2*1-3-5-7-9-11-13-15-17-19-21-23-25-27-29-28-26-24-22-20-18-16-14-12-10-8-6-4-2;/h13-14,17-18,20-24H,4-12,15-16,19H2,1-3H3;2*1,3-29H2,2H3;/q;2*-1;+2. The molecule has 0 radical (unpaired) electrons. The Hall–Kier alpha value is -1.99. The van der Waals surface area contributed by atoms with Gasteiger partial charge in [-0.1, -0.05) is 431 Å². The summed E-state index contributed by atoms with van der Waals surface area (Å²) in [7, 11) is 0. The normalized spacial score (nSPS) is 12.1. The van der Waals surface area contributed by atoms with Crippen molar-refractivity contribution in [2.45, 2.75) is 458 Å². The van der Waals surface area contributed by atoms with E-state index in [9.17, 15) is 5.53 Å². The fourth-order valence-corrected chi connectivity index (χ4v) is 13.7. The van der Waals surface area contributed by atoms with Crippen LogP contribution in [0, 0.1) is 13.8 Å². The molecule has 0 saturated heterocycles. The average Bonchev–Trinajstić information content (AvgIpc) is 1.66. The summed E-state index contributed by atoms with van der Waals surface area (Å²) in [6.07, 6.45) is 95.1. The molecule has 0 bridgehead atoms. The van der Waals surface area contributed by atoms with Gasteiger partial charge in [-0.25, -0.2) is 4.70 Å². The molecular formula is C89H160N2Ni. The van der Waals surface area contributed by atoms with Gasteiger partial charge in [0.25, 0.3) is 0 Å². The minimum atomic E-state index is 0. The molecule has 536 valence electrons. The van der Waals surface area contributed by atoms with E-state index in [4.69, 9.17) is 0 Å². The van der Waals surface area contributed by atoms with E-state index in [-0.39, 0.29) is 16.5 Å². The van der Waals surface area contributed by atoms with Crippen molar-refractivity contribution in [3.8, 4) is 0 Å². The SMILES string of the molecule is CCCCCCc1cccc(C2=CC(CCCC)=C(c3cccc(CCCCC)c3)[N+]2=[N-])c1.[CH2-]CCCCCCCCCCCCCCCCCCCCCCCCCCCC.[CH2-]CCCCCCCCCCCCCCCCCCCCCCCCCCCC.[Ni+2]. The van der Waals surface area contributed by atoms with E-state index in [0.717, 1.165) is 67.5 Å². The molecule has 3 heteroatoms. The summed E-state index contributed by atoms with van der Waals surface area (Å²) in [4.78, 5) is 0. The molecule has 2 aromatic rings. The summed E-state index contributed by atoms with van der Waals surface area (Å²) < 4.78 is 1.45. The number of aryl methyl sites for hydroxylation is 2. The minimum absolute atomic E-state index is 0. The molecule has 2 aromatic carbocycles. The molecule has 1 heterocycles. The summed E-state index contributed by atoms with van der Waals surface area (Å²) >= 11 is 0. The molecule has 0 amide bonds. The molecule has 1 aliphatic heterocycles. The van der Waals surface area contributed by atoms with Crippen LogP contribution in [0.3, 0.4) is 0 Å². The molecule has 0 aliphatic carbocycles. The van der Waals surface area contributed by atoms with Crippen LogP contribution in [0.25, 0.3) is 16.9 Å². The Kier molecular flexibility index (Phi) is 71.7. The van der Waals surface area contributed by atoms with Crippen LogP contribution >= 0.6 is 0 Å². The second-order valence-electron chi connectivity index (χ2n) is 28.9. The van der Waals surface area contributed by atoms with Crippen LogP contribution in [0.1, 0.15) is 468 Å². The Morgan fingerprint density at radius 1 is 0.272 bits per heavy atom. The van der Waals surface area contributed by atoms with Crippen molar-refractivity contribution < 1.29 is 21.2 Å². The molecule has 2 nitrogen and oxygen atoms in total. The van der Waals surface area contributed by atoms with Crippen LogP contribution in [0.2, 0.25) is 0 Å². The Bertz CT molecular complexity index is 1770.